The molecule has 0 aliphatic heterocycles. The Balaban J connectivity index is 2.82. The van der Waals surface area contributed by atoms with Crippen LogP contribution < -0.4 is 0 Å². The number of rotatable bonds is 5. The standard InChI is InChI=1S/C6H11IO2/c1-8-6-9-5-3-2-4-7/h2-3H,4-6H2,1H3/b3-2+. The van der Waals surface area contributed by atoms with Crippen LogP contribution in [0.1, 0.15) is 0 Å². The van der Waals surface area contributed by atoms with Crippen LogP contribution >= 0.6 is 22.6 Å². The highest BCUT2D eigenvalue weighted by atomic mass is 127. The molecule has 0 aromatic heterocycles. The molecule has 54 valence electrons. The van der Waals surface area contributed by atoms with Crippen LogP contribution in [-0.4, -0.2) is 24.9 Å². The highest BCUT2D eigenvalue weighted by Gasteiger charge is 1.76. The normalized spacial score (nSPS) is 10.9. The van der Waals surface area contributed by atoms with Gasteiger partial charge in [-0.2, -0.15) is 0 Å². The van der Waals surface area contributed by atoms with Crippen LogP contribution in [0.15, 0.2) is 12.2 Å². The average Bonchev–Trinajstić information content (AvgIpc) is 1.89. The Kier molecular flexibility index (Phi) is 8.75. The first-order chi connectivity index (χ1) is 4.41. The van der Waals surface area contributed by atoms with E-state index in [1.165, 1.54) is 0 Å². The van der Waals surface area contributed by atoms with Crippen molar-refractivity contribution in [3.8, 4) is 0 Å². The molecule has 0 saturated heterocycles. The maximum absolute atomic E-state index is 4.97. The van der Waals surface area contributed by atoms with Gasteiger partial charge in [0.25, 0.3) is 0 Å². The second kappa shape index (κ2) is 8.39. The topological polar surface area (TPSA) is 18.5 Å². The number of halogens is 1. The molecule has 0 aliphatic carbocycles. The third-order valence-electron chi connectivity index (χ3n) is 0.671. The first kappa shape index (κ1) is 9.39. The number of hydrogen-bond donors (Lipinski definition) is 0. The lowest BCUT2D eigenvalue weighted by molar-refractivity contribution is -0.0186. The quantitative estimate of drug-likeness (QED) is 0.240. The molecule has 3 heteroatoms. The summed E-state index contributed by atoms with van der Waals surface area (Å²) in [6.07, 6.45) is 4.03. The van der Waals surface area contributed by atoms with E-state index < -0.39 is 0 Å². The van der Waals surface area contributed by atoms with Crippen LogP contribution in [0.4, 0.5) is 0 Å². The van der Waals surface area contributed by atoms with Gasteiger partial charge in [-0.3, -0.25) is 0 Å². The molecule has 0 N–H and O–H groups in total. The number of methoxy groups -OCH3 is 1. The molecule has 0 unspecified atom stereocenters. The van der Waals surface area contributed by atoms with Gasteiger partial charge in [0.2, 0.25) is 0 Å². The van der Waals surface area contributed by atoms with Crippen LogP contribution in [0.5, 0.6) is 0 Å². The van der Waals surface area contributed by atoms with Gasteiger partial charge < -0.3 is 9.47 Å². The van der Waals surface area contributed by atoms with Crippen molar-refractivity contribution in [1.29, 1.82) is 0 Å². The van der Waals surface area contributed by atoms with Crippen molar-refractivity contribution in [2.75, 3.05) is 24.9 Å². The number of hydrogen-bond acceptors (Lipinski definition) is 2. The molecule has 9 heavy (non-hydrogen) atoms. The van der Waals surface area contributed by atoms with E-state index in [1.807, 2.05) is 6.08 Å². The molecule has 0 heterocycles. The summed E-state index contributed by atoms with van der Waals surface area (Å²) in [6, 6.07) is 0. The summed E-state index contributed by atoms with van der Waals surface area (Å²) in [5.74, 6) is 0. The maximum Gasteiger partial charge on any atom is 0.146 e. The van der Waals surface area contributed by atoms with Gasteiger partial charge in [-0.05, 0) is 0 Å². The molecule has 0 fully saturated rings. The predicted octanol–water partition coefficient (Wildman–Crippen LogP) is 1.60. The zero-order valence-corrected chi connectivity index (χ0v) is 7.63. The molecular weight excluding hydrogens is 231 g/mol. The van der Waals surface area contributed by atoms with Gasteiger partial charge in [-0.25, -0.2) is 0 Å². The van der Waals surface area contributed by atoms with Crippen LogP contribution in [0.3, 0.4) is 0 Å². The van der Waals surface area contributed by atoms with Crippen molar-refractivity contribution in [2.45, 2.75) is 0 Å². The Morgan fingerprint density at radius 1 is 1.44 bits per heavy atom. The summed E-state index contributed by atoms with van der Waals surface area (Å²) in [7, 11) is 1.61. The Morgan fingerprint density at radius 3 is 2.78 bits per heavy atom. The van der Waals surface area contributed by atoms with Gasteiger partial charge in [0, 0.05) is 11.5 Å². The largest absolute Gasteiger partial charge is 0.359 e. The maximum atomic E-state index is 4.97. The van der Waals surface area contributed by atoms with Gasteiger partial charge >= 0.3 is 0 Å². The van der Waals surface area contributed by atoms with Gasteiger partial charge in [-0.1, -0.05) is 34.7 Å². The SMILES string of the molecule is COCOC/C=C/CI. The molecule has 0 saturated carbocycles. The van der Waals surface area contributed by atoms with E-state index in [-0.39, 0.29) is 0 Å². The lowest BCUT2D eigenvalue weighted by atomic mass is 10.6. The van der Waals surface area contributed by atoms with Crippen LogP contribution in [0, 0.1) is 0 Å². The zero-order valence-electron chi connectivity index (χ0n) is 5.47. The van der Waals surface area contributed by atoms with Crippen molar-refractivity contribution >= 4 is 22.6 Å². The van der Waals surface area contributed by atoms with Gasteiger partial charge in [0.15, 0.2) is 0 Å². The molecule has 0 aromatic carbocycles. The first-order valence-electron chi connectivity index (χ1n) is 2.69. The number of allylic oxidation sites excluding steroid dienone is 1. The van der Waals surface area contributed by atoms with Crippen molar-refractivity contribution in [2.24, 2.45) is 0 Å². The van der Waals surface area contributed by atoms with Crippen molar-refractivity contribution in [1.82, 2.24) is 0 Å². The van der Waals surface area contributed by atoms with E-state index in [0.29, 0.717) is 13.4 Å². The molecule has 0 aliphatic rings. The second-order valence-electron chi connectivity index (χ2n) is 1.40. The number of alkyl halides is 1. The molecular formula is C6H11IO2. The molecule has 0 aromatic rings. The fraction of sp³-hybridized carbons (Fsp3) is 0.667. The van der Waals surface area contributed by atoms with Crippen molar-refractivity contribution in [3.63, 3.8) is 0 Å². The number of ether oxygens (including phenoxy) is 2. The van der Waals surface area contributed by atoms with E-state index in [0.717, 1.165) is 4.43 Å². The van der Waals surface area contributed by atoms with E-state index in [1.54, 1.807) is 7.11 Å². The monoisotopic (exact) mass is 242 g/mol. The molecule has 0 amide bonds. The van der Waals surface area contributed by atoms with E-state index in [2.05, 4.69) is 33.4 Å². The summed E-state index contributed by atoms with van der Waals surface area (Å²) < 4.78 is 10.7. The summed E-state index contributed by atoms with van der Waals surface area (Å²) in [4.78, 5) is 0. The highest BCUT2D eigenvalue weighted by molar-refractivity contribution is 14.1. The summed E-state index contributed by atoms with van der Waals surface area (Å²) in [6.45, 7) is 1.03. The summed E-state index contributed by atoms with van der Waals surface area (Å²) >= 11 is 2.27. The summed E-state index contributed by atoms with van der Waals surface area (Å²) in [5, 5.41) is 0. The first-order valence-corrected chi connectivity index (χ1v) is 4.22. The highest BCUT2D eigenvalue weighted by Crippen LogP contribution is 1.83. The Hall–Kier alpha value is 0.390. The fourth-order valence-electron chi connectivity index (χ4n) is 0.331. The van der Waals surface area contributed by atoms with Gasteiger partial charge in [0.05, 0.1) is 6.61 Å². The molecule has 2 nitrogen and oxygen atoms in total. The van der Waals surface area contributed by atoms with E-state index >= 15 is 0 Å². The molecule has 0 bridgehead atoms. The Bertz CT molecular complexity index is 73.5. The molecule has 0 rings (SSSR count). The van der Waals surface area contributed by atoms with E-state index in [4.69, 9.17) is 4.74 Å². The van der Waals surface area contributed by atoms with E-state index in [9.17, 15) is 0 Å². The predicted molar refractivity (Wildman–Crippen MR) is 45.9 cm³/mol. The van der Waals surface area contributed by atoms with Crippen LogP contribution in [-0.2, 0) is 9.47 Å². The van der Waals surface area contributed by atoms with Crippen LogP contribution in [0.25, 0.3) is 0 Å². The van der Waals surface area contributed by atoms with Crippen molar-refractivity contribution < 1.29 is 9.47 Å². The molecule has 0 atom stereocenters. The van der Waals surface area contributed by atoms with Gasteiger partial charge in [0.1, 0.15) is 6.79 Å². The fourth-order valence-corrected chi connectivity index (χ4v) is 0.690. The van der Waals surface area contributed by atoms with Gasteiger partial charge in [-0.15, -0.1) is 0 Å². The molecule has 0 radical (unpaired) electrons. The molecule has 0 spiro atoms. The van der Waals surface area contributed by atoms with Crippen molar-refractivity contribution in [3.05, 3.63) is 12.2 Å². The zero-order chi connectivity index (χ0) is 6.95. The lowest BCUT2D eigenvalue weighted by Crippen LogP contribution is -1.95. The minimum absolute atomic E-state index is 0.381. The smallest absolute Gasteiger partial charge is 0.146 e. The Labute approximate surface area is 69.4 Å². The third-order valence-corrected chi connectivity index (χ3v) is 1.18. The minimum Gasteiger partial charge on any atom is -0.359 e. The second-order valence-corrected chi connectivity index (χ2v) is 2.28. The van der Waals surface area contributed by atoms with Crippen LogP contribution in [0.2, 0.25) is 0 Å². The third kappa shape index (κ3) is 8.39. The Morgan fingerprint density at radius 2 is 2.22 bits per heavy atom. The summed E-state index contributed by atoms with van der Waals surface area (Å²) in [5.41, 5.74) is 0. The lowest BCUT2D eigenvalue weighted by Gasteiger charge is -1.95. The average molecular weight is 242 g/mol. The minimum atomic E-state index is 0.381.